The molecule has 1 amide bonds. The summed E-state index contributed by atoms with van der Waals surface area (Å²) in [6.07, 6.45) is 3.46. The quantitative estimate of drug-likeness (QED) is 0.820. The summed E-state index contributed by atoms with van der Waals surface area (Å²) in [6.45, 7) is 5.69. The molecule has 2 aromatic rings. The molecule has 1 unspecified atom stereocenters. The Morgan fingerprint density at radius 1 is 1.33 bits per heavy atom. The smallest absolute Gasteiger partial charge is 0.294 e. The Morgan fingerprint density at radius 3 is 2.70 bits per heavy atom. The molecule has 0 radical (unpaired) electrons. The van der Waals surface area contributed by atoms with Crippen molar-refractivity contribution in [3.63, 3.8) is 0 Å². The van der Waals surface area contributed by atoms with Gasteiger partial charge in [-0.1, -0.05) is 37.6 Å². The second kappa shape index (κ2) is 7.53. The van der Waals surface area contributed by atoms with Gasteiger partial charge in [0.2, 0.25) is 0 Å². The predicted molar refractivity (Wildman–Crippen MR) is 105 cm³/mol. The van der Waals surface area contributed by atoms with E-state index in [0.29, 0.717) is 16.3 Å². The number of aromatic nitrogens is 1. The minimum absolute atomic E-state index is 0.101. The molecular formula is C21H21ClN2O3. The molecular weight excluding hydrogens is 364 g/mol. The number of amides is 1. The lowest BCUT2D eigenvalue weighted by molar-refractivity contribution is -0.118. The van der Waals surface area contributed by atoms with E-state index >= 15 is 0 Å². The highest BCUT2D eigenvalue weighted by Gasteiger charge is 2.44. The fraction of sp³-hybridized carbons (Fsp3) is 0.286. The van der Waals surface area contributed by atoms with Gasteiger partial charge in [-0.3, -0.25) is 19.5 Å². The second-order valence-corrected chi connectivity index (χ2v) is 7.51. The number of ketones is 1. The second-order valence-electron chi connectivity index (χ2n) is 7.08. The normalized spacial score (nSPS) is 17.1. The molecule has 0 bridgehead atoms. The predicted octanol–water partition coefficient (Wildman–Crippen LogP) is 4.56. The third-order valence-corrected chi connectivity index (χ3v) is 4.77. The van der Waals surface area contributed by atoms with E-state index in [-0.39, 0.29) is 23.7 Å². The molecule has 27 heavy (non-hydrogen) atoms. The minimum atomic E-state index is -0.741. The molecule has 1 aliphatic rings. The van der Waals surface area contributed by atoms with Gasteiger partial charge >= 0.3 is 0 Å². The highest BCUT2D eigenvalue weighted by molar-refractivity contribution is 6.31. The summed E-state index contributed by atoms with van der Waals surface area (Å²) >= 11 is 6.15. The lowest BCUT2D eigenvalue weighted by atomic mass is 9.92. The van der Waals surface area contributed by atoms with Crippen LogP contribution in [0.4, 0.5) is 5.69 Å². The van der Waals surface area contributed by atoms with Gasteiger partial charge in [0.25, 0.3) is 5.91 Å². The van der Waals surface area contributed by atoms with Crippen molar-refractivity contribution < 1.29 is 14.7 Å². The number of halogens is 1. The number of carbonyl (C=O) groups is 2. The molecule has 1 N–H and O–H groups in total. The van der Waals surface area contributed by atoms with Crippen molar-refractivity contribution in [3.8, 4) is 0 Å². The summed E-state index contributed by atoms with van der Waals surface area (Å²) in [4.78, 5) is 31.4. The largest absolute Gasteiger partial charge is 0.503 e. The Morgan fingerprint density at radius 2 is 2.07 bits per heavy atom. The number of hydrogen-bond donors (Lipinski definition) is 1. The first-order chi connectivity index (χ1) is 12.8. The van der Waals surface area contributed by atoms with Crippen LogP contribution in [0.2, 0.25) is 5.02 Å². The van der Waals surface area contributed by atoms with Gasteiger partial charge in [0.1, 0.15) is 0 Å². The number of aliphatic hydroxyl groups excluding tert-OH is 1. The van der Waals surface area contributed by atoms with Gasteiger partial charge in [-0.25, -0.2) is 0 Å². The average Bonchev–Trinajstić information content (AvgIpc) is 2.89. The van der Waals surface area contributed by atoms with E-state index in [1.807, 2.05) is 20.8 Å². The molecule has 0 saturated heterocycles. The molecule has 1 atom stereocenters. The van der Waals surface area contributed by atoms with Crippen LogP contribution in [-0.4, -0.2) is 21.8 Å². The molecule has 1 aliphatic heterocycles. The molecule has 6 heteroatoms. The molecule has 2 heterocycles. The Bertz CT molecular complexity index is 922. The zero-order chi connectivity index (χ0) is 19.7. The van der Waals surface area contributed by atoms with Gasteiger partial charge < -0.3 is 5.11 Å². The number of Topliss-reactive ketones (excluding diaryl/α,β-unsaturated/α-hetero) is 1. The van der Waals surface area contributed by atoms with Crippen LogP contribution in [-0.2, 0) is 9.59 Å². The molecule has 1 aromatic carbocycles. The van der Waals surface area contributed by atoms with Crippen LogP contribution in [0.3, 0.4) is 0 Å². The van der Waals surface area contributed by atoms with Crippen LogP contribution < -0.4 is 4.90 Å². The molecule has 3 rings (SSSR count). The Kier molecular flexibility index (Phi) is 5.33. The maximum atomic E-state index is 13.0. The van der Waals surface area contributed by atoms with E-state index in [2.05, 4.69) is 4.98 Å². The number of aliphatic hydroxyl groups is 1. The highest BCUT2D eigenvalue weighted by atomic mass is 35.5. The van der Waals surface area contributed by atoms with Gasteiger partial charge in [-0.2, -0.15) is 0 Å². The maximum absolute atomic E-state index is 13.0. The first-order valence-electron chi connectivity index (χ1n) is 8.77. The summed E-state index contributed by atoms with van der Waals surface area (Å²) in [5.74, 6) is -1.26. The molecule has 0 saturated carbocycles. The van der Waals surface area contributed by atoms with Gasteiger partial charge in [-0.15, -0.1) is 0 Å². The summed E-state index contributed by atoms with van der Waals surface area (Å²) in [5, 5.41) is 11.0. The Hall–Kier alpha value is -2.66. The molecule has 0 aliphatic carbocycles. The van der Waals surface area contributed by atoms with Crippen molar-refractivity contribution in [2.45, 2.75) is 33.2 Å². The number of benzene rings is 1. The first kappa shape index (κ1) is 19.1. The van der Waals surface area contributed by atoms with Crippen molar-refractivity contribution in [1.82, 2.24) is 4.98 Å². The minimum Gasteiger partial charge on any atom is -0.503 e. The molecule has 1 aromatic heterocycles. The summed E-state index contributed by atoms with van der Waals surface area (Å²) < 4.78 is 0. The Balaban J connectivity index is 2.18. The van der Waals surface area contributed by atoms with E-state index in [9.17, 15) is 14.7 Å². The summed E-state index contributed by atoms with van der Waals surface area (Å²) in [6, 6.07) is 7.99. The monoisotopic (exact) mass is 384 g/mol. The number of nitrogens with zero attached hydrogens (tertiary/aromatic N) is 2. The lowest BCUT2D eigenvalue weighted by Gasteiger charge is -2.28. The average molecular weight is 385 g/mol. The van der Waals surface area contributed by atoms with Crippen LogP contribution >= 0.6 is 11.6 Å². The summed E-state index contributed by atoms with van der Waals surface area (Å²) in [7, 11) is 0. The van der Waals surface area contributed by atoms with E-state index in [1.165, 1.54) is 4.90 Å². The lowest BCUT2D eigenvalue weighted by Crippen LogP contribution is -2.31. The number of aryl methyl sites for hydroxylation is 1. The van der Waals surface area contributed by atoms with Crippen LogP contribution in [0, 0.1) is 12.8 Å². The van der Waals surface area contributed by atoms with Crippen molar-refractivity contribution in [3.05, 3.63) is 70.2 Å². The van der Waals surface area contributed by atoms with E-state index in [1.54, 1.807) is 42.7 Å². The van der Waals surface area contributed by atoms with E-state index in [0.717, 1.165) is 5.56 Å². The van der Waals surface area contributed by atoms with Gasteiger partial charge in [0.05, 0.1) is 11.6 Å². The van der Waals surface area contributed by atoms with Crippen molar-refractivity contribution in [1.29, 1.82) is 0 Å². The highest BCUT2D eigenvalue weighted by Crippen LogP contribution is 2.43. The Labute approximate surface area is 163 Å². The maximum Gasteiger partial charge on any atom is 0.294 e. The van der Waals surface area contributed by atoms with Crippen LogP contribution in [0.1, 0.15) is 37.4 Å². The van der Waals surface area contributed by atoms with Crippen molar-refractivity contribution >= 4 is 29.0 Å². The van der Waals surface area contributed by atoms with E-state index < -0.39 is 17.7 Å². The van der Waals surface area contributed by atoms with Crippen molar-refractivity contribution in [2.75, 3.05) is 4.90 Å². The molecule has 5 nitrogen and oxygen atoms in total. The zero-order valence-corrected chi connectivity index (χ0v) is 16.2. The zero-order valence-electron chi connectivity index (χ0n) is 15.4. The number of anilines is 1. The third-order valence-electron chi connectivity index (χ3n) is 4.53. The molecule has 140 valence electrons. The number of rotatable bonds is 5. The fourth-order valence-electron chi connectivity index (χ4n) is 3.31. The van der Waals surface area contributed by atoms with Gasteiger partial charge in [0, 0.05) is 29.5 Å². The number of pyridine rings is 1. The standard InChI is InChI=1S/C21H21ClN2O3/c1-12(2)9-17(25)18-19(14-5-4-8-23-11-14)24(21(27)20(18)26)16-10-15(22)7-6-13(16)3/h4-8,10-12,19,26H,9H2,1-3H3. The molecule has 0 spiro atoms. The SMILES string of the molecule is Cc1ccc(Cl)cc1N1C(=O)C(O)=C(C(=O)CC(C)C)C1c1cccnc1. The van der Waals surface area contributed by atoms with E-state index in [4.69, 9.17) is 11.6 Å². The topological polar surface area (TPSA) is 70.5 Å². The first-order valence-corrected chi connectivity index (χ1v) is 9.15. The van der Waals surface area contributed by atoms with Crippen LogP contribution in [0.15, 0.2) is 54.1 Å². The van der Waals surface area contributed by atoms with Gasteiger partial charge in [-0.05, 0) is 42.2 Å². The third kappa shape index (κ3) is 3.60. The van der Waals surface area contributed by atoms with Crippen LogP contribution in [0.25, 0.3) is 0 Å². The fourth-order valence-corrected chi connectivity index (χ4v) is 3.48. The number of hydrogen-bond acceptors (Lipinski definition) is 4. The van der Waals surface area contributed by atoms with Gasteiger partial charge in [0.15, 0.2) is 11.5 Å². The summed E-state index contributed by atoms with van der Waals surface area (Å²) in [5.41, 5.74) is 2.13. The molecule has 0 fully saturated rings. The van der Waals surface area contributed by atoms with Crippen LogP contribution in [0.5, 0.6) is 0 Å². The van der Waals surface area contributed by atoms with Crippen molar-refractivity contribution in [2.24, 2.45) is 5.92 Å². The number of carbonyl (C=O) groups excluding carboxylic acids is 2.